The molecule has 0 aromatic rings. The molecule has 0 spiro atoms. The Balaban J connectivity index is 2.41. The van der Waals surface area contributed by atoms with Crippen LogP contribution in [0, 0.1) is 0 Å². The second-order valence-electron chi connectivity index (χ2n) is 3.08. The summed E-state index contributed by atoms with van der Waals surface area (Å²) in [5.74, 6) is -0.738. The zero-order valence-electron chi connectivity index (χ0n) is 7.57. The molecule has 5 nitrogen and oxygen atoms in total. The smallest absolute Gasteiger partial charge is 0.511 e. The van der Waals surface area contributed by atoms with Crippen molar-refractivity contribution in [3.63, 3.8) is 0 Å². The summed E-state index contributed by atoms with van der Waals surface area (Å²) < 4.78 is 9.23. The second kappa shape index (κ2) is 4.27. The van der Waals surface area contributed by atoms with E-state index in [0.717, 1.165) is 7.69 Å². The van der Waals surface area contributed by atoms with Gasteiger partial charge in [-0.2, -0.15) is 0 Å². The zero-order valence-corrected chi connectivity index (χ0v) is 7.57. The monoisotopic (exact) mass is 184 g/mol. The molecule has 1 aliphatic heterocycles. The van der Waals surface area contributed by atoms with Crippen LogP contribution in [0.1, 0.15) is 20.3 Å². The second-order valence-corrected chi connectivity index (χ2v) is 3.08. The first-order valence-electron chi connectivity index (χ1n) is 4.06. The molecule has 1 saturated heterocycles. The minimum atomic E-state index is -0.747. The zero-order chi connectivity index (χ0) is 9.84. The van der Waals surface area contributed by atoms with Crippen molar-refractivity contribution in [2.75, 3.05) is 0 Å². The van der Waals surface area contributed by atoms with Crippen molar-refractivity contribution >= 4 is 19.6 Å². The van der Waals surface area contributed by atoms with Gasteiger partial charge in [0.25, 0.3) is 5.97 Å². The number of carbonyl (C=O) groups excluding carboxylic acids is 2. The van der Waals surface area contributed by atoms with Crippen LogP contribution in [0.5, 0.6) is 0 Å². The van der Waals surface area contributed by atoms with Crippen LogP contribution in [0.2, 0.25) is 0 Å². The molecule has 6 heteroatoms. The largest absolute Gasteiger partial charge is 0.574 e. The first kappa shape index (κ1) is 10.0. The van der Waals surface area contributed by atoms with Gasteiger partial charge in [-0.15, -0.1) is 0 Å². The Morgan fingerprint density at radius 3 is 2.92 bits per heavy atom. The topological polar surface area (TPSA) is 64.6 Å². The lowest BCUT2D eigenvalue weighted by Crippen LogP contribution is -2.44. The highest BCUT2D eigenvalue weighted by molar-refractivity contribution is 6.24. The summed E-state index contributed by atoms with van der Waals surface area (Å²) in [7, 11) is 0.899. The van der Waals surface area contributed by atoms with Gasteiger partial charge in [-0.3, -0.25) is 9.59 Å². The SMILES string of the molecule is CC(C)NC(=O)C1CC(=O)O[B]O1. The Kier molecular flexibility index (Phi) is 3.30. The van der Waals surface area contributed by atoms with Gasteiger partial charge in [0.15, 0.2) is 0 Å². The molecule has 0 saturated carbocycles. The van der Waals surface area contributed by atoms with Gasteiger partial charge in [0.05, 0.1) is 6.42 Å². The molecule has 0 aromatic carbocycles. The third-order valence-electron chi connectivity index (χ3n) is 1.47. The maximum absolute atomic E-state index is 11.3. The molecule has 1 radical (unpaired) electrons. The first-order valence-corrected chi connectivity index (χ1v) is 4.06. The van der Waals surface area contributed by atoms with Gasteiger partial charge < -0.3 is 14.6 Å². The molecule has 0 bridgehead atoms. The summed E-state index contributed by atoms with van der Waals surface area (Å²) in [5.41, 5.74) is 0. The van der Waals surface area contributed by atoms with E-state index in [1.54, 1.807) is 0 Å². The molecular weight excluding hydrogens is 173 g/mol. The van der Waals surface area contributed by atoms with E-state index in [1.807, 2.05) is 13.8 Å². The minimum absolute atomic E-state index is 0.0327. The van der Waals surface area contributed by atoms with Crippen LogP contribution in [0.4, 0.5) is 0 Å². The van der Waals surface area contributed by atoms with E-state index in [2.05, 4.69) is 9.97 Å². The maximum atomic E-state index is 11.3. The van der Waals surface area contributed by atoms with Gasteiger partial charge in [0.1, 0.15) is 6.10 Å². The first-order chi connectivity index (χ1) is 6.09. The molecule has 1 amide bonds. The summed E-state index contributed by atoms with van der Waals surface area (Å²) in [6.45, 7) is 3.67. The van der Waals surface area contributed by atoms with Crippen LogP contribution in [-0.4, -0.2) is 31.7 Å². The van der Waals surface area contributed by atoms with Gasteiger partial charge in [-0.05, 0) is 13.8 Å². The Hall–Kier alpha value is -1.04. The number of rotatable bonds is 2. The third kappa shape index (κ3) is 3.06. The molecule has 1 heterocycles. The van der Waals surface area contributed by atoms with Gasteiger partial charge >= 0.3 is 7.69 Å². The van der Waals surface area contributed by atoms with Gasteiger partial charge in [-0.25, -0.2) is 0 Å². The van der Waals surface area contributed by atoms with Crippen LogP contribution in [0.25, 0.3) is 0 Å². The number of amides is 1. The average Bonchev–Trinajstić information content (AvgIpc) is 2.03. The van der Waals surface area contributed by atoms with Crippen LogP contribution >= 0.6 is 0 Å². The summed E-state index contributed by atoms with van der Waals surface area (Å²) in [6, 6.07) is 0.0362. The lowest BCUT2D eigenvalue weighted by molar-refractivity contribution is -0.147. The molecule has 1 rings (SSSR count). The number of hydrogen-bond acceptors (Lipinski definition) is 4. The molecule has 1 aliphatic rings. The molecule has 0 aromatic heterocycles. The third-order valence-corrected chi connectivity index (χ3v) is 1.47. The normalized spacial score (nSPS) is 22.1. The molecular formula is C7H11BNO4. The van der Waals surface area contributed by atoms with Crippen molar-refractivity contribution in [3.8, 4) is 0 Å². The lowest BCUT2D eigenvalue weighted by atomic mass is 10.1. The van der Waals surface area contributed by atoms with E-state index in [9.17, 15) is 9.59 Å². The maximum Gasteiger partial charge on any atom is 0.574 e. The predicted octanol–water partition coefficient (Wildman–Crippen LogP) is -0.623. The fourth-order valence-corrected chi connectivity index (χ4v) is 0.928. The molecule has 1 fully saturated rings. The van der Waals surface area contributed by atoms with Crippen molar-refractivity contribution in [1.29, 1.82) is 0 Å². The summed E-state index contributed by atoms with van der Waals surface area (Å²) in [4.78, 5) is 22.0. The van der Waals surface area contributed by atoms with Crippen LogP contribution in [-0.2, 0) is 18.9 Å². The van der Waals surface area contributed by atoms with Crippen molar-refractivity contribution in [3.05, 3.63) is 0 Å². The molecule has 1 unspecified atom stereocenters. The average molecular weight is 184 g/mol. The van der Waals surface area contributed by atoms with Crippen molar-refractivity contribution in [2.45, 2.75) is 32.4 Å². The number of nitrogens with one attached hydrogen (secondary N) is 1. The summed E-state index contributed by atoms with van der Waals surface area (Å²) in [6.07, 6.45) is -0.779. The summed E-state index contributed by atoms with van der Waals surface area (Å²) >= 11 is 0. The van der Waals surface area contributed by atoms with E-state index < -0.39 is 12.1 Å². The molecule has 0 aliphatic carbocycles. The fraction of sp³-hybridized carbons (Fsp3) is 0.714. The molecule has 1 N–H and O–H groups in total. The number of carbonyl (C=O) groups is 2. The Bertz CT molecular complexity index is 219. The van der Waals surface area contributed by atoms with E-state index in [4.69, 9.17) is 4.65 Å². The minimum Gasteiger partial charge on any atom is -0.511 e. The van der Waals surface area contributed by atoms with Crippen LogP contribution in [0.3, 0.4) is 0 Å². The fourth-order valence-electron chi connectivity index (χ4n) is 0.928. The van der Waals surface area contributed by atoms with Gasteiger partial charge in [0, 0.05) is 6.04 Å². The van der Waals surface area contributed by atoms with Crippen LogP contribution in [0.15, 0.2) is 0 Å². The Morgan fingerprint density at radius 2 is 2.38 bits per heavy atom. The summed E-state index contributed by atoms with van der Waals surface area (Å²) in [5, 5.41) is 2.64. The van der Waals surface area contributed by atoms with E-state index >= 15 is 0 Å². The lowest BCUT2D eigenvalue weighted by Gasteiger charge is -2.21. The highest BCUT2D eigenvalue weighted by Crippen LogP contribution is 2.06. The number of hydrogen-bond donors (Lipinski definition) is 1. The van der Waals surface area contributed by atoms with Crippen LogP contribution < -0.4 is 5.32 Å². The van der Waals surface area contributed by atoms with Gasteiger partial charge in [-0.1, -0.05) is 0 Å². The molecule has 1 atom stereocenters. The Morgan fingerprint density at radius 1 is 1.69 bits per heavy atom. The van der Waals surface area contributed by atoms with Crippen molar-refractivity contribution in [2.24, 2.45) is 0 Å². The van der Waals surface area contributed by atoms with E-state index in [1.165, 1.54) is 0 Å². The Labute approximate surface area is 77.1 Å². The molecule has 71 valence electrons. The van der Waals surface area contributed by atoms with Gasteiger partial charge in [0.2, 0.25) is 5.91 Å². The van der Waals surface area contributed by atoms with Crippen molar-refractivity contribution < 1.29 is 18.9 Å². The van der Waals surface area contributed by atoms with Crippen molar-refractivity contribution in [1.82, 2.24) is 5.32 Å². The van der Waals surface area contributed by atoms with E-state index in [0.29, 0.717) is 0 Å². The highest BCUT2D eigenvalue weighted by Gasteiger charge is 2.29. The van der Waals surface area contributed by atoms with E-state index in [-0.39, 0.29) is 18.4 Å². The molecule has 13 heavy (non-hydrogen) atoms. The standard InChI is InChI=1S/C7H11BNO4/c1-4(2)9-7(11)5-3-6(10)13-8-12-5/h4-5H,3H2,1-2H3,(H,9,11). The highest BCUT2D eigenvalue weighted by atomic mass is 16.6. The quantitative estimate of drug-likeness (QED) is 0.580. The predicted molar refractivity (Wildman–Crippen MR) is 44.6 cm³/mol.